The van der Waals surface area contributed by atoms with E-state index in [4.69, 9.17) is 5.26 Å². The Hall–Kier alpha value is -0.880. The third kappa shape index (κ3) is 0.703. The van der Waals surface area contributed by atoms with Gasteiger partial charge in [0.05, 0.1) is 19.0 Å². The largest absolute Gasteiger partial charge is 0.269 e. The van der Waals surface area contributed by atoms with Crippen LogP contribution in [0, 0.1) is 11.3 Å². The van der Waals surface area contributed by atoms with Crippen molar-refractivity contribution >= 4 is 6.21 Å². The van der Waals surface area contributed by atoms with Gasteiger partial charge < -0.3 is 0 Å². The molecule has 1 unspecified atom stereocenters. The van der Waals surface area contributed by atoms with E-state index < -0.39 is 0 Å². The number of rotatable bonds is 0. The van der Waals surface area contributed by atoms with Crippen molar-refractivity contribution in [3.8, 4) is 6.07 Å². The van der Waals surface area contributed by atoms with E-state index in [-0.39, 0.29) is 6.04 Å². The third-order valence-electron chi connectivity index (χ3n) is 1.07. The lowest BCUT2D eigenvalue weighted by atomic mass is 10.4. The van der Waals surface area contributed by atoms with Crippen molar-refractivity contribution in [3.63, 3.8) is 0 Å². The molecule has 1 aliphatic heterocycles. The van der Waals surface area contributed by atoms with Crippen molar-refractivity contribution in [1.82, 2.24) is 4.90 Å². The molecule has 1 atom stereocenters. The van der Waals surface area contributed by atoms with Crippen LogP contribution in [0.15, 0.2) is 4.99 Å². The lowest BCUT2D eigenvalue weighted by Crippen LogP contribution is -2.25. The standard InChI is InChI=1S/C5H6N3/c1-8-4-7-3-5(8)2-6/h5H,4H2,1H3. The highest BCUT2D eigenvalue weighted by molar-refractivity contribution is 5.69. The van der Waals surface area contributed by atoms with E-state index >= 15 is 0 Å². The van der Waals surface area contributed by atoms with Gasteiger partial charge in [0.15, 0.2) is 0 Å². The smallest absolute Gasteiger partial charge is 0.143 e. The van der Waals surface area contributed by atoms with Gasteiger partial charge in [-0.3, -0.25) is 9.89 Å². The molecule has 8 heavy (non-hydrogen) atoms. The predicted octanol–water partition coefficient (Wildman–Crippen LogP) is -0.271. The molecular formula is C5H6N3. The monoisotopic (exact) mass is 108 g/mol. The highest BCUT2D eigenvalue weighted by Gasteiger charge is 2.15. The van der Waals surface area contributed by atoms with Crippen LogP contribution in [0.2, 0.25) is 0 Å². The molecule has 0 N–H and O–H groups in total. The molecule has 1 aliphatic rings. The maximum atomic E-state index is 8.32. The van der Waals surface area contributed by atoms with E-state index in [1.807, 2.05) is 18.0 Å². The van der Waals surface area contributed by atoms with Crippen LogP contribution < -0.4 is 0 Å². The van der Waals surface area contributed by atoms with Crippen LogP contribution in [0.4, 0.5) is 0 Å². The van der Waals surface area contributed by atoms with E-state index in [9.17, 15) is 0 Å². The van der Waals surface area contributed by atoms with Crippen molar-refractivity contribution in [2.45, 2.75) is 6.04 Å². The number of nitrogens with zero attached hydrogens (tertiary/aromatic N) is 3. The Labute approximate surface area is 48.2 Å². The van der Waals surface area contributed by atoms with Crippen molar-refractivity contribution < 1.29 is 0 Å². The number of hydrogen-bond acceptors (Lipinski definition) is 3. The maximum absolute atomic E-state index is 8.32. The Balaban J connectivity index is 2.57. The van der Waals surface area contributed by atoms with E-state index in [0.29, 0.717) is 6.67 Å². The fourth-order valence-electron chi connectivity index (χ4n) is 0.546. The van der Waals surface area contributed by atoms with Crippen LogP contribution in [0.3, 0.4) is 0 Å². The van der Waals surface area contributed by atoms with Crippen LogP contribution in [0.25, 0.3) is 0 Å². The molecule has 41 valence electrons. The zero-order chi connectivity index (χ0) is 5.98. The Morgan fingerprint density at radius 2 is 2.75 bits per heavy atom. The van der Waals surface area contributed by atoms with Gasteiger partial charge >= 0.3 is 0 Å². The van der Waals surface area contributed by atoms with Gasteiger partial charge in [-0.15, -0.1) is 0 Å². The van der Waals surface area contributed by atoms with Crippen LogP contribution in [-0.2, 0) is 0 Å². The van der Waals surface area contributed by atoms with Gasteiger partial charge in [-0.05, 0) is 7.05 Å². The van der Waals surface area contributed by atoms with Crippen LogP contribution in [-0.4, -0.2) is 30.9 Å². The Kier molecular flexibility index (Phi) is 1.27. The molecule has 0 saturated heterocycles. The molecule has 0 amide bonds. The summed E-state index contributed by atoms with van der Waals surface area (Å²) >= 11 is 0. The van der Waals surface area contributed by atoms with Crippen molar-refractivity contribution in [2.24, 2.45) is 4.99 Å². The summed E-state index contributed by atoms with van der Waals surface area (Å²) in [5, 5.41) is 8.32. The average Bonchev–Trinajstić information content (AvgIpc) is 2.14. The third-order valence-corrected chi connectivity index (χ3v) is 1.07. The van der Waals surface area contributed by atoms with Gasteiger partial charge in [0, 0.05) is 0 Å². The van der Waals surface area contributed by atoms with Crippen molar-refractivity contribution in [2.75, 3.05) is 13.7 Å². The van der Waals surface area contributed by atoms with Gasteiger partial charge in [-0.25, -0.2) is 0 Å². The fraction of sp³-hybridized carbons (Fsp3) is 0.600. The highest BCUT2D eigenvalue weighted by atomic mass is 15.2. The molecule has 1 heterocycles. The first-order valence-electron chi connectivity index (χ1n) is 2.36. The lowest BCUT2D eigenvalue weighted by Gasteiger charge is -2.06. The van der Waals surface area contributed by atoms with Crippen LogP contribution in [0.5, 0.6) is 0 Å². The summed E-state index contributed by atoms with van der Waals surface area (Å²) in [4.78, 5) is 5.59. The van der Waals surface area contributed by atoms with Gasteiger partial charge in [0.2, 0.25) is 0 Å². The quantitative estimate of drug-likeness (QED) is 0.428. The first-order chi connectivity index (χ1) is 3.84. The van der Waals surface area contributed by atoms with Gasteiger partial charge in [0.25, 0.3) is 0 Å². The van der Waals surface area contributed by atoms with Crippen LogP contribution in [0.1, 0.15) is 0 Å². The van der Waals surface area contributed by atoms with Gasteiger partial charge in [-0.1, -0.05) is 0 Å². The second-order valence-corrected chi connectivity index (χ2v) is 1.72. The molecule has 0 aliphatic carbocycles. The molecule has 0 aromatic carbocycles. The zero-order valence-corrected chi connectivity index (χ0v) is 4.63. The minimum absolute atomic E-state index is 0.213. The van der Waals surface area contributed by atoms with E-state index in [0.717, 1.165) is 0 Å². The SMILES string of the molecule is CN1CN=[C]C1C#N. The predicted molar refractivity (Wildman–Crippen MR) is 29.5 cm³/mol. The molecule has 1 radical (unpaired) electrons. The molecule has 0 spiro atoms. The molecule has 0 aromatic heterocycles. The van der Waals surface area contributed by atoms with E-state index in [1.165, 1.54) is 0 Å². The summed E-state index contributed by atoms with van der Waals surface area (Å²) in [5.41, 5.74) is 0. The number of aliphatic imine (C=N–C) groups is 1. The first kappa shape index (κ1) is 5.26. The zero-order valence-electron chi connectivity index (χ0n) is 4.63. The Morgan fingerprint density at radius 3 is 3.00 bits per heavy atom. The summed E-state index contributed by atoms with van der Waals surface area (Å²) in [7, 11) is 1.84. The second kappa shape index (κ2) is 1.93. The molecule has 0 bridgehead atoms. The minimum Gasteiger partial charge on any atom is -0.269 e. The topological polar surface area (TPSA) is 39.4 Å². The number of nitriles is 1. The molecule has 3 nitrogen and oxygen atoms in total. The summed E-state index contributed by atoms with van der Waals surface area (Å²) in [5.74, 6) is 0. The minimum atomic E-state index is -0.213. The second-order valence-electron chi connectivity index (χ2n) is 1.72. The fourth-order valence-corrected chi connectivity index (χ4v) is 0.546. The molecule has 1 rings (SSSR count). The van der Waals surface area contributed by atoms with Crippen LogP contribution >= 0.6 is 0 Å². The first-order valence-corrected chi connectivity index (χ1v) is 2.36. The van der Waals surface area contributed by atoms with E-state index in [2.05, 4.69) is 11.2 Å². The average molecular weight is 108 g/mol. The van der Waals surface area contributed by atoms with E-state index in [1.54, 1.807) is 0 Å². The molecule has 0 aromatic rings. The summed E-state index contributed by atoms with van der Waals surface area (Å²) in [6, 6.07) is 1.82. The van der Waals surface area contributed by atoms with Gasteiger partial charge in [-0.2, -0.15) is 5.26 Å². The Morgan fingerprint density at radius 1 is 2.00 bits per heavy atom. The number of hydrogen-bond donors (Lipinski definition) is 0. The Bertz CT molecular complexity index is 144. The molecule has 0 saturated carbocycles. The molecular weight excluding hydrogens is 102 g/mol. The summed E-state index contributed by atoms with van der Waals surface area (Å²) in [6.07, 6.45) is 2.65. The lowest BCUT2D eigenvalue weighted by molar-refractivity contribution is 0.377. The molecule has 0 fully saturated rings. The normalized spacial score (nSPS) is 28.2. The molecule has 3 heteroatoms. The highest BCUT2D eigenvalue weighted by Crippen LogP contribution is 1.97. The summed E-state index contributed by atoms with van der Waals surface area (Å²) < 4.78 is 0. The van der Waals surface area contributed by atoms with Crippen molar-refractivity contribution in [1.29, 1.82) is 5.26 Å². The maximum Gasteiger partial charge on any atom is 0.143 e. The van der Waals surface area contributed by atoms with Crippen molar-refractivity contribution in [3.05, 3.63) is 0 Å². The van der Waals surface area contributed by atoms with Gasteiger partial charge in [0.1, 0.15) is 6.04 Å². The summed E-state index contributed by atoms with van der Waals surface area (Å²) in [6.45, 7) is 0.609.